The van der Waals surface area contributed by atoms with Gasteiger partial charge in [0.1, 0.15) is 5.75 Å². The summed E-state index contributed by atoms with van der Waals surface area (Å²) >= 11 is 0. The number of carbonyl (C=O) groups excluding carboxylic acids is 1. The number of H-pyrrole nitrogens is 1. The second-order valence-corrected chi connectivity index (χ2v) is 5.56. The number of piperidine rings is 1. The van der Waals surface area contributed by atoms with Crippen LogP contribution < -0.4 is 4.74 Å². The molecule has 122 valence electrons. The first-order valence-electron chi connectivity index (χ1n) is 7.68. The summed E-state index contributed by atoms with van der Waals surface area (Å²) in [6.45, 7) is 2.08. The minimum Gasteiger partial charge on any atom is -0.492 e. The molecule has 0 spiro atoms. The van der Waals surface area contributed by atoms with E-state index in [-0.39, 0.29) is 6.09 Å². The Hall–Kier alpha value is -2.57. The predicted molar refractivity (Wildman–Crippen MR) is 84.0 cm³/mol. The van der Waals surface area contributed by atoms with Gasteiger partial charge in [-0.3, -0.25) is 10.1 Å². The fourth-order valence-electron chi connectivity index (χ4n) is 2.65. The molecule has 0 radical (unpaired) electrons. The van der Waals surface area contributed by atoms with Crippen molar-refractivity contribution >= 4 is 6.09 Å². The highest BCUT2D eigenvalue weighted by molar-refractivity contribution is 5.67. The zero-order valence-corrected chi connectivity index (χ0v) is 13.1. The number of aromatic nitrogens is 3. The average molecular weight is 316 g/mol. The first kappa shape index (κ1) is 15.3. The maximum atomic E-state index is 11.4. The molecule has 23 heavy (non-hydrogen) atoms. The number of nitrogens with zero attached hydrogens (tertiary/aromatic N) is 3. The highest BCUT2D eigenvalue weighted by Gasteiger charge is 2.23. The molecule has 0 aromatic carbocycles. The van der Waals surface area contributed by atoms with Crippen molar-refractivity contribution < 1.29 is 14.3 Å². The monoisotopic (exact) mass is 316 g/mol. The molecule has 1 aliphatic heterocycles. The summed E-state index contributed by atoms with van der Waals surface area (Å²) in [4.78, 5) is 17.5. The van der Waals surface area contributed by atoms with Gasteiger partial charge in [-0.25, -0.2) is 4.79 Å². The van der Waals surface area contributed by atoms with Crippen LogP contribution in [0.25, 0.3) is 11.4 Å². The van der Waals surface area contributed by atoms with Gasteiger partial charge in [-0.2, -0.15) is 5.10 Å². The molecule has 1 amide bonds. The van der Waals surface area contributed by atoms with Gasteiger partial charge in [0.2, 0.25) is 0 Å². The fourth-order valence-corrected chi connectivity index (χ4v) is 2.65. The second kappa shape index (κ2) is 7.13. The molecule has 0 bridgehead atoms. The van der Waals surface area contributed by atoms with Crippen molar-refractivity contribution in [2.45, 2.75) is 12.8 Å². The molecule has 2 aromatic rings. The van der Waals surface area contributed by atoms with Gasteiger partial charge < -0.3 is 14.4 Å². The molecule has 0 saturated carbocycles. The van der Waals surface area contributed by atoms with Crippen molar-refractivity contribution in [2.24, 2.45) is 5.92 Å². The summed E-state index contributed by atoms with van der Waals surface area (Å²) in [5, 5.41) is 6.79. The number of methoxy groups -OCH3 is 1. The maximum absolute atomic E-state index is 11.4. The molecule has 1 saturated heterocycles. The van der Waals surface area contributed by atoms with Gasteiger partial charge in [0.05, 0.1) is 31.3 Å². The Morgan fingerprint density at radius 3 is 2.78 bits per heavy atom. The fraction of sp³-hybridized carbons (Fsp3) is 0.438. The minimum absolute atomic E-state index is 0.247. The molecule has 1 aliphatic rings. The molecule has 0 aliphatic carbocycles. The van der Waals surface area contributed by atoms with Crippen molar-refractivity contribution in [1.82, 2.24) is 20.1 Å². The molecule has 0 atom stereocenters. The Morgan fingerprint density at radius 2 is 2.17 bits per heavy atom. The molecule has 3 rings (SSSR count). The van der Waals surface area contributed by atoms with E-state index < -0.39 is 0 Å². The zero-order chi connectivity index (χ0) is 16.1. The summed E-state index contributed by atoms with van der Waals surface area (Å²) in [5.74, 6) is 1.20. The molecule has 7 nitrogen and oxygen atoms in total. The molecular weight excluding hydrogens is 296 g/mol. The van der Waals surface area contributed by atoms with E-state index in [9.17, 15) is 4.79 Å². The van der Waals surface area contributed by atoms with Crippen LogP contribution >= 0.6 is 0 Å². The molecule has 0 unspecified atom stereocenters. The summed E-state index contributed by atoms with van der Waals surface area (Å²) in [6, 6.07) is 5.69. The topological polar surface area (TPSA) is 80.3 Å². The highest BCUT2D eigenvalue weighted by atomic mass is 16.5. The van der Waals surface area contributed by atoms with Crippen LogP contribution in [0, 0.1) is 5.92 Å². The Morgan fingerprint density at radius 1 is 1.35 bits per heavy atom. The largest absolute Gasteiger partial charge is 0.492 e. The number of ether oxygens (including phenoxy) is 2. The maximum Gasteiger partial charge on any atom is 0.409 e. The Bertz CT molecular complexity index is 619. The quantitative estimate of drug-likeness (QED) is 0.936. The van der Waals surface area contributed by atoms with Gasteiger partial charge in [-0.1, -0.05) is 0 Å². The van der Waals surface area contributed by atoms with E-state index in [4.69, 9.17) is 9.47 Å². The van der Waals surface area contributed by atoms with E-state index in [1.54, 1.807) is 17.3 Å². The zero-order valence-electron chi connectivity index (χ0n) is 13.1. The second-order valence-electron chi connectivity index (χ2n) is 5.56. The molecule has 1 fully saturated rings. The van der Waals surface area contributed by atoms with Gasteiger partial charge in [0, 0.05) is 19.3 Å². The normalized spacial score (nSPS) is 15.4. The number of carbonyl (C=O) groups is 1. The van der Waals surface area contributed by atoms with Crippen molar-refractivity contribution in [1.29, 1.82) is 0 Å². The van der Waals surface area contributed by atoms with E-state index >= 15 is 0 Å². The first-order valence-corrected chi connectivity index (χ1v) is 7.68. The van der Waals surface area contributed by atoms with Crippen LogP contribution in [0.5, 0.6) is 5.75 Å². The molecule has 3 heterocycles. The van der Waals surface area contributed by atoms with Crippen LogP contribution in [0.15, 0.2) is 30.6 Å². The van der Waals surface area contributed by atoms with Gasteiger partial charge in [-0.15, -0.1) is 0 Å². The van der Waals surface area contributed by atoms with E-state index in [0.717, 1.165) is 43.1 Å². The lowest BCUT2D eigenvalue weighted by Gasteiger charge is -2.30. The van der Waals surface area contributed by atoms with Crippen LogP contribution in [0.3, 0.4) is 0 Å². The van der Waals surface area contributed by atoms with Gasteiger partial charge >= 0.3 is 6.09 Å². The summed E-state index contributed by atoms with van der Waals surface area (Å²) in [7, 11) is 1.41. The lowest BCUT2D eigenvalue weighted by molar-refractivity contribution is 0.0964. The third-order valence-corrected chi connectivity index (χ3v) is 4.05. The van der Waals surface area contributed by atoms with E-state index in [1.807, 2.05) is 18.2 Å². The van der Waals surface area contributed by atoms with Crippen LogP contribution in [0.1, 0.15) is 12.8 Å². The Labute approximate surface area is 134 Å². The highest BCUT2D eigenvalue weighted by Crippen LogP contribution is 2.21. The number of hydrogen-bond acceptors (Lipinski definition) is 5. The molecular formula is C16H20N4O3. The summed E-state index contributed by atoms with van der Waals surface area (Å²) in [6.07, 6.45) is 5.02. The van der Waals surface area contributed by atoms with Crippen LogP contribution in [-0.2, 0) is 4.74 Å². The van der Waals surface area contributed by atoms with Crippen LogP contribution in [0.4, 0.5) is 4.79 Å². The lowest BCUT2D eigenvalue weighted by atomic mass is 9.98. The Balaban J connectivity index is 1.47. The van der Waals surface area contributed by atoms with Crippen LogP contribution in [-0.4, -0.2) is 53.0 Å². The number of rotatable bonds is 4. The number of aromatic amines is 1. The molecule has 1 N–H and O–H groups in total. The van der Waals surface area contributed by atoms with E-state index in [1.165, 1.54) is 7.11 Å². The SMILES string of the molecule is COC(=O)N1CCC(COc2ccc(-c3ccn[nH]3)nc2)CC1. The molecule has 2 aromatic heterocycles. The number of amides is 1. The van der Waals surface area contributed by atoms with Crippen molar-refractivity contribution in [2.75, 3.05) is 26.8 Å². The van der Waals surface area contributed by atoms with E-state index in [2.05, 4.69) is 15.2 Å². The third kappa shape index (κ3) is 3.80. The van der Waals surface area contributed by atoms with Crippen molar-refractivity contribution in [3.8, 4) is 17.1 Å². The van der Waals surface area contributed by atoms with Gasteiger partial charge in [-0.05, 0) is 37.0 Å². The van der Waals surface area contributed by atoms with Gasteiger partial charge in [0.15, 0.2) is 0 Å². The summed E-state index contributed by atoms with van der Waals surface area (Å²) < 4.78 is 10.6. The third-order valence-electron chi connectivity index (χ3n) is 4.05. The van der Waals surface area contributed by atoms with Crippen LogP contribution in [0.2, 0.25) is 0 Å². The smallest absolute Gasteiger partial charge is 0.409 e. The minimum atomic E-state index is -0.247. The van der Waals surface area contributed by atoms with E-state index in [0.29, 0.717) is 12.5 Å². The molecule has 7 heteroatoms. The number of hydrogen-bond donors (Lipinski definition) is 1. The summed E-state index contributed by atoms with van der Waals surface area (Å²) in [5.41, 5.74) is 1.72. The number of pyridine rings is 1. The standard InChI is InChI=1S/C16H20N4O3/c1-22-16(21)20-8-5-12(6-9-20)11-23-13-2-3-14(17-10-13)15-4-7-18-19-15/h2-4,7,10,12H,5-6,8-9,11H2,1H3,(H,18,19). The number of nitrogens with one attached hydrogen (secondary N) is 1. The average Bonchev–Trinajstić information content (AvgIpc) is 3.15. The van der Waals surface area contributed by atoms with Crippen molar-refractivity contribution in [3.63, 3.8) is 0 Å². The van der Waals surface area contributed by atoms with Crippen molar-refractivity contribution in [3.05, 3.63) is 30.6 Å². The first-order chi connectivity index (χ1) is 11.3. The van der Waals surface area contributed by atoms with Gasteiger partial charge in [0.25, 0.3) is 0 Å². The predicted octanol–water partition coefficient (Wildman–Crippen LogP) is 2.33. The number of likely N-dealkylation sites (tertiary alicyclic amines) is 1. The lowest BCUT2D eigenvalue weighted by Crippen LogP contribution is -2.39. The Kier molecular flexibility index (Phi) is 4.75.